The van der Waals surface area contributed by atoms with E-state index in [0.717, 1.165) is 163 Å². The van der Waals surface area contributed by atoms with Gasteiger partial charge in [-0.05, 0) is 201 Å². The lowest BCUT2D eigenvalue weighted by Gasteiger charge is -2.14. The van der Waals surface area contributed by atoms with Gasteiger partial charge in [0.15, 0.2) is 0 Å². The van der Waals surface area contributed by atoms with Gasteiger partial charge in [0.2, 0.25) is 0 Å². The Labute approximate surface area is 644 Å². The van der Waals surface area contributed by atoms with Crippen molar-refractivity contribution in [2.75, 3.05) is 11.3 Å². The normalized spacial score (nSPS) is 11.5. The van der Waals surface area contributed by atoms with Crippen molar-refractivity contribution in [3.8, 4) is 28.7 Å². The summed E-state index contributed by atoms with van der Waals surface area (Å²) in [4.78, 5) is 37.8. The van der Waals surface area contributed by atoms with E-state index < -0.39 is 15.3 Å². The molecule has 566 valence electrons. The number of ketones is 1. The van der Waals surface area contributed by atoms with Crippen LogP contribution in [0.15, 0.2) is 261 Å². The van der Waals surface area contributed by atoms with Crippen LogP contribution in [0.25, 0.3) is 54.4 Å². The molecule has 0 aliphatic heterocycles. The molecule has 6 aromatic heterocycles. The number of hydrogen-bond acceptors (Lipinski definition) is 16. The number of alkyl halides is 2. The van der Waals surface area contributed by atoms with E-state index in [1.165, 1.54) is 29.6 Å². The van der Waals surface area contributed by atoms with Crippen molar-refractivity contribution in [3.05, 3.63) is 312 Å². The molecule has 0 fully saturated rings. The Hall–Kier alpha value is -12.6. The van der Waals surface area contributed by atoms with E-state index in [2.05, 4.69) is 118 Å². The summed E-state index contributed by atoms with van der Waals surface area (Å²) >= 11 is 0. The molecule has 1 unspecified atom stereocenters. The van der Waals surface area contributed by atoms with E-state index in [1.54, 1.807) is 31.5 Å². The zero-order valence-corrected chi connectivity index (χ0v) is 63.1. The number of para-hydroxylation sites is 4. The fraction of sp³-hybridized carbons (Fsp3) is 0.225. The molecule has 0 saturated carbocycles. The summed E-state index contributed by atoms with van der Waals surface area (Å²) in [6.07, 6.45) is 11.4. The van der Waals surface area contributed by atoms with E-state index in [1.807, 2.05) is 169 Å². The molecule has 15 aromatic rings. The number of nitrogens with zero attached hydrogens (tertiary/aromatic N) is 8. The summed E-state index contributed by atoms with van der Waals surface area (Å²) in [7, 11) is -4.82. The van der Waals surface area contributed by atoms with E-state index in [4.69, 9.17) is 23.7 Å². The minimum Gasteiger partial charge on any atom is -0.493 e. The SMILES string of the molecule is CC(=O)CCCCc1cccc(OCc2ccc3ccccc3n2)c1.CC(CCc1ncn[nH]1)Cc1ccc(OCc2ccc3ccccc3n2)cc1.CC(F)(F)S(=O)(=O)Nc1ccc2ccc(OCc3ccc4ccccc4n3)cc2c1.Cc1cc(OCc2ccc3ccccc3n2)ccc1OCCCc1ncn[nH]1. The second kappa shape index (κ2) is 38.5. The second-order valence-electron chi connectivity index (χ2n) is 27.1. The van der Waals surface area contributed by atoms with Gasteiger partial charge in [0.1, 0.15) is 85.3 Å². The number of aryl methyl sites for hydroxylation is 4. The predicted molar refractivity (Wildman–Crippen MR) is 431 cm³/mol. The van der Waals surface area contributed by atoms with Crippen LogP contribution in [0.5, 0.6) is 28.7 Å². The van der Waals surface area contributed by atoms with Crippen LogP contribution >= 0.6 is 0 Å². The number of fused-ring (bicyclic) bond motifs is 5. The summed E-state index contributed by atoms with van der Waals surface area (Å²) in [5, 5.41) is 15.5. The first kappa shape index (κ1) is 78.0. The van der Waals surface area contributed by atoms with Gasteiger partial charge in [0, 0.05) is 53.4 Å². The molecular formula is C89H87F2N11O8S. The average Bonchev–Trinajstić information content (AvgIpc) is 1.45. The van der Waals surface area contributed by atoms with Crippen molar-refractivity contribution in [2.45, 2.75) is 117 Å². The summed E-state index contributed by atoms with van der Waals surface area (Å²) in [5.74, 6) is 6.64. The number of aromatic amines is 2. The molecule has 19 nitrogen and oxygen atoms in total. The molecule has 6 heterocycles. The summed E-state index contributed by atoms with van der Waals surface area (Å²) in [5.41, 5.74) is 11.0. The zero-order valence-electron chi connectivity index (χ0n) is 62.3. The number of pyridine rings is 4. The van der Waals surface area contributed by atoms with Crippen molar-refractivity contribution in [3.63, 3.8) is 0 Å². The predicted octanol–water partition coefficient (Wildman–Crippen LogP) is 19.4. The van der Waals surface area contributed by atoms with E-state index in [9.17, 15) is 22.0 Å². The molecule has 0 bridgehead atoms. The van der Waals surface area contributed by atoms with E-state index in [-0.39, 0.29) is 18.1 Å². The fourth-order valence-corrected chi connectivity index (χ4v) is 12.7. The highest BCUT2D eigenvalue weighted by Crippen LogP contribution is 2.30. The molecule has 111 heavy (non-hydrogen) atoms. The molecule has 0 aliphatic rings. The number of benzene rings is 9. The van der Waals surface area contributed by atoms with E-state index >= 15 is 0 Å². The fourth-order valence-electron chi connectivity index (χ4n) is 12.1. The lowest BCUT2D eigenvalue weighted by molar-refractivity contribution is -0.117. The van der Waals surface area contributed by atoms with Crippen LogP contribution in [0.3, 0.4) is 0 Å². The first-order valence-electron chi connectivity index (χ1n) is 36.9. The maximum atomic E-state index is 13.2. The van der Waals surface area contributed by atoms with Crippen LogP contribution in [0, 0.1) is 12.8 Å². The number of sulfonamides is 1. The highest BCUT2D eigenvalue weighted by molar-refractivity contribution is 7.93. The maximum Gasteiger partial charge on any atom is 0.361 e. The van der Waals surface area contributed by atoms with Gasteiger partial charge in [0.25, 0.3) is 10.0 Å². The number of H-pyrrole nitrogens is 2. The molecule has 15 rings (SSSR count). The van der Waals surface area contributed by atoms with Gasteiger partial charge < -0.3 is 28.5 Å². The Bertz CT molecular complexity index is 5640. The minimum atomic E-state index is -4.82. The Morgan fingerprint density at radius 3 is 1.43 bits per heavy atom. The Kier molecular flexibility index (Phi) is 27.1. The lowest BCUT2D eigenvalue weighted by atomic mass is 9.96. The molecule has 9 aromatic carbocycles. The summed E-state index contributed by atoms with van der Waals surface area (Å²) in [6, 6.07) is 80.5. The standard InChI is InChI=1S/C23H24N4O.C22H18F2N2O3S.C22H22N4O2.C22H23NO2/c1-17(6-13-23-24-16-25-27-23)14-18-7-11-21(12-8-18)28-15-20-10-9-19-4-2-3-5-22(19)26-20;1-22(23,24)30(27,28)26-18-9-6-15-8-11-20(13-17(15)12-18)29-14-19-10-7-16-4-2-3-5-21(16)25-19;1-16-13-19(10-11-21(16)27-12-4-7-22-23-15-24-26-22)28-14-18-9-8-17-5-2-3-6-20(17)25-18;1-17(24)7-2-3-8-18-9-6-11-21(15-18)25-16-20-14-13-19-10-4-5-12-22(19)23-20/h2-5,7-12,16-17H,6,13-15H2,1H3,(H,24,25,27);2-13,26H,14H2,1H3;2-3,5-6,8-11,13,15H,4,7,12,14H2,1H3,(H,23,24,26);4-6,9-15H,2-3,7-8,16H2,1H3. The molecule has 0 amide bonds. The number of aromatic nitrogens is 10. The number of ether oxygens (including phenoxy) is 5. The number of carbonyl (C=O) groups excluding carboxylic acids is 1. The third-order valence-electron chi connectivity index (χ3n) is 18.1. The number of Topliss-reactive ketones (excluding diaryl/α,β-unsaturated/α-hetero) is 1. The Balaban J connectivity index is 0.000000138. The van der Waals surface area contributed by atoms with Crippen molar-refractivity contribution >= 4 is 75.9 Å². The van der Waals surface area contributed by atoms with Crippen LogP contribution < -0.4 is 28.4 Å². The van der Waals surface area contributed by atoms with Crippen LogP contribution in [-0.2, 0) is 66.9 Å². The molecule has 0 aliphatic carbocycles. The third-order valence-corrected chi connectivity index (χ3v) is 19.6. The number of carbonyl (C=O) groups is 1. The third kappa shape index (κ3) is 23.7. The van der Waals surface area contributed by atoms with Gasteiger partial charge in [-0.2, -0.15) is 19.0 Å². The van der Waals surface area contributed by atoms with Crippen molar-refractivity contribution in [1.82, 2.24) is 50.3 Å². The Morgan fingerprint density at radius 1 is 0.459 bits per heavy atom. The van der Waals surface area contributed by atoms with Gasteiger partial charge in [-0.1, -0.05) is 140 Å². The van der Waals surface area contributed by atoms with Crippen LogP contribution in [0.4, 0.5) is 14.5 Å². The van der Waals surface area contributed by atoms with Crippen LogP contribution in [0.2, 0.25) is 0 Å². The van der Waals surface area contributed by atoms with Crippen LogP contribution in [-0.4, -0.2) is 76.4 Å². The number of halogens is 2. The van der Waals surface area contributed by atoms with Gasteiger partial charge in [-0.3, -0.25) is 14.9 Å². The number of unbranched alkanes of at least 4 members (excludes halogenated alkanes) is 1. The lowest BCUT2D eigenvalue weighted by Crippen LogP contribution is -2.31. The number of rotatable bonds is 30. The van der Waals surface area contributed by atoms with Gasteiger partial charge in [-0.15, -0.1) is 0 Å². The molecule has 0 radical (unpaired) electrons. The molecule has 22 heteroatoms. The average molecular weight is 1510 g/mol. The summed E-state index contributed by atoms with van der Waals surface area (Å²) in [6.45, 7) is 8.52. The number of nitrogens with one attached hydrogen (secondary N) is 3. The monoisotopic (exact) mass is 1510 g/mol. The summed E-state index contributed by atoms with van der Waals surface area (Å²) < 4.78 is 81.2. The molecule has 1 atom stereocenters. The van der Waals surface area contributed by atoms with Gasteiger partial charge in [0.05, 0.1) is 51.4 Å². The Morgan fingerprint density at radius 2 is 0.928 bits per heavy atom. The van der Waals surface area contributed by atoms with Crippen molar-refractivity contribution in [1.29, 1.82) is 0 Å². The van der Waals surface area contributed by atoms with Gasteiger partial charge in [-0.25, -0.2) is 38.3 Å². The second-order valence-corrected chi connectivity index (χ2v) is 29.0. The maximum absolute atomic E-state index is 13.2. The molecule has 3 N–H and O–H groups in total. The molecular weight excluding hydrogens is 1420 g/mol. The van der Waals surface area contributed by atoms with Crippen LogP contribution in [0.1, 0.15) is 104 Å². The largest absolute Gasteiger partial charge is 0.493 e. The molecule has 0 spiro atoms. The highest BCUT2D eigenvalue weighted by Gasteiger charge is 2.39. The van der Waals surface area contributed by atoms with Crippen molar-refractivity contribution in [2.24, 2.45) is 5.92 Å². The van der Waals surface area contributed by atoms with Gasteiger partial charge >= 0.3 is 5.25 Å². The minimum absolute atomic E-state index is 0.0531. The topological polar surface area (TPSA) is 244 Å². The van der Waals surface area contributed by atoms with E-state index in [0.29, 0.717) is 56.8 Å². The number of hydrogen-bond donors (Lipinski definition) is 3. The smallest absolute Gasteiger partial charge is 0.361 e. The first-order valence-corrected chi connectivity index (χ1v) is 38.4. The first-order chi connectivity index (χ1) is 53.9. The zero-order chi connectivity index (χ0) is 77.2. The molecule has 0 saturated heterocycles. The highest BCUT2D eigenvalue weighted by atomic mass is 32.2. The van der Waals surface area contributed by atoms with Crippen molar-refractivity contribution < 1.29 is 45.7 Å². The quantitative estimate of drug-likeness (QED) is 0.0354. The number of anilines is 1.